The Morgan fingerprint density at radius 2 is 2.17 bits per heavy atom. The van der Waals surface area contributed by atoms with Gasteiger partial charge in [-0.15, -0.1) is 11.3 Å². The number of likely N-dealkylation sites (N-methyl/N-ethyl adjacent to an activating group) is 1. The van der Waals surface area contributed by atoms with Crippen LogP contribution in [0.1, 0.15) is 4.88 Å². The Hall–Kier alpha value is -1.54. The molecule has 0 saturated heterocycles. The van der Waals surface area contributed by atoms with Gasteiger partial charge < -0.3 is 5.32 Å². The van der Waals surface area contributed by atoms with Gasteiger partial charge in [0.05, 0.1) is 21.1 Å². The van der Waals surface area contributed by atoms with E-state index >= 15 is 0 Å². The number of thiophene rings is 1. The zero-order valence-corrected chi connectivity index (χ0v) is 14.6. The molecule has 0 saturated carbocycles. The zero-order chi connectivity index (χ0) is 16.4. The van der Waals surface area contributed by atoms with Crippen molar-refractivity contribution in [2.24, 2.45) is 0 Å². The molecule has 3 rings (SSSR count). The number of fused-ring (bicyclic) bond motifs is 1. The molecule has 3 aromatic rings. The number of nitrogens with zero attached hydrogens (tertiary/aromatic N) is 2. The normalized spacial score (nSPS) is 11.3. The molecule has 0 spiro atoms. The van der Waals surface area contributed by atoms with Gasteiger partial charge in [-0.2, -0.15) is 0 Å². The Morgan fingerprint density at radius 1 is 1.35 bits per heavy atom. The molecule has 0 aliphatic rings. The maximum atomic E-state index is 13.2. The lowest BCUT2D eigenvalue weighted by Gasteiger charge is -2.14. The summed E-state index contributed by atoms with van der Waals surface area (Å²) in [4.78, 5) is 19.3. The fraction of sp³-hybridized carbons (Fsp3) is 0.200. The second-order valence-electron chi connectivity index (χ2n) is 5.06. The smallest absolute Gasteiger partial charge is 0.240 e. The third kappa shape index (κ3) is 4.26. The SMILES string of the molecule is CN(CC(=O)Nc1nc2ccc(F)cc2s1)Cc1ccc(Cl)s1. The number of anilines is 1. The summed E-state index contributed by atoms with van der Waals surface area (Å²) in [7, 11) is 1.86. The Labute approximate surface area is 145 Å². The minimum atomic E-state index is -0.312. The summed E-state index contributed by atoms with van der Waals surface area (Å²) in [5.74, 6) is -0.469. The lowest BCUT2D eigenvalue weighted by atomic mass is 10.3. The molecule has 0 bridgehead atoms. The molecule has 0 radical (unpaired) electrons. The predicted molar refractivity (Wildman–Crippen MR) is 93.9 cm³/mol. The van der Waals surface area contributed by atoms with E-state index in [9.17, 15) is 9.18 Å². The summed E-state index contributed by atoms with van der Waals surface area (Å²) in [6, 6.07) is 8.16. The van der Waals surface area contributed by atoms with Gasteiger partial charge in [0.15, 0.2) is 5.13 Å². The van der Waals surface area contributed by atoms with Crippen molar-refractivity contribution in [3.05, 3.63) is 45.4 Å². The van der Waals surface area contributed by atoms with E-state index in [1.165, 1.54) is 34.8 Å². The number of hydrogen-bond acceptors (Lipinski definition) is 5. The van der Waals surface area contributed by atoms with E-state index in [0.717, 1.165) is 9.21 Å². The van der Waals surface area contributed by atoms with Crippen LogP contribution in [0.3, 0.4) is 0 Å². The highest BCUT2D eigenvalue weighted by atomic mass is 35.5. The molecule has 0 aliphatic carbocycles. The molecular formula is C15H13ClFN3OS2. The van der Waals surface area contributed by atoms with Crippen LogP contribution in [0.25, 0.3) is 10.2 Å². The van der Waals surface area contributed by atoms with Crippen molar-refractivity contribution in [3.63, 3.8) is 0 Å². The van der Waals surface area contributed by atoms with E-state index in [1.54, 1.807) is 6.07 Å². The van der Waals surface area contributed by atoms with Crippen molar-refractivity contribution in [2.75, 3.05) is 18.9 Å². The molecule has 0 atom stereocenters. The summed E-state index contributed by atoms with van der Waals surface area (Å²) in [6.07, 6.45) is 0. The van der Waals surface area contributed by atoms with Crippen molar-refractivity contribution in [3.8, 4) is 0 Å². The number of amides is 1. The van der Waals surface area contributed by atoms with Crippen molar-refractivity contribution < 1.29 is 9.18 Å². The van der Waals surface area contributed by atoms with Gasteiger partial charge in [0.1, 0.15) is 5.82 Å². The van der Waals surface area contributed by atoms with Crippen LogP contribution in [0.2, 0.25) is 4.34 Å². The first kappa shape index (κ1) is 16.3. The summed E-state index contributed by atoms with van der Waals surface area (Å²) < 4.78 is 14.6. The maximum Gasteiger partial charge on any atom is 0.240 e. The standard InChI is InChI=1S/C15H13ClFN3OS2/c1-20(7-10-3-5-13(16)22-10)8-14(21)19-15-18-11-4-2-9(17)6-12(11)23-15/h2-6H,7-8H2,1H3,(H,18,19,21). The molecular weight excluding hydrogens is 357 g/mol. The van der Waals surface area contributed by atoms with Gasteiger partial charge in [0, 0.05) is 11.4 Å². The van der Waals surface area contributed by atoms with Gasteiger partial charge in [0.25, 0.3) is 0 Å². The van der Waals surface area contributed by atoms with E-state index in [-0.39, 0.29) is 18.3 Å². The molecule has 23 heavy (non-hydrogen) atoms. The molecule has 0 fully saturated rings. The second-order valence-corrected chi connectivity index (χ2v) is 7.89. The van der Waals surface area contributed by atoms with Crippen LogP contribution in [-0.4, -0.2) is 29.4 Å². The van der Waals surface area contributed by atoms with Crippen LogP contribution in [-0.2, 0) is 11.3 Å². The van der Waals surface area contributed by atoms with Crippen LogP contribution in [0.15, 0.2) is 30.3 Å². The van der Waals surface area contributed by atoms with Crippen molar-refractivity contribution >= 4 is 55.5 Å². The van der Waals surface area contributed by atoms with Crippen LogP contribution < -0.4 is 5.32 Å². The number of nitrogens with one attached hydrogen (secondary N) is 1. The Kier molecular flexibility index (Phi) is 4.91. The number of hydrogen-bond donors (Lipinski definition) is 1. The molecule has 120 valence electrons. The number of carbonyl (C=O) groups excluding carboxylic acids is 1. The van der Waals surface area contributed by atoms with Crippen molar-refractivity contribution in [1.29, 1.82) is 0 Å². The van der Waals surface area contributed by atoms with E-state index in [0.29, 0.717) is 21.9 Å². The lowest BCUT2D eigenvalue weighted by molar-refractivity contribution is -0.117. The minimum Gasteiger partial charge on any atom is -0.301 e. The highest BCUT2D eigenvalue weighted by molar-refractivity contribution is 7.22. The van der Waals surface area contributed by atoms with Crippen molar-refractivity contribution in [2.45, 2.75) is 6.54 Å². The first-order valence-corrected chi connectivity index (χ1v) is 8.79. The first-order valence-electron chi connectivity index (χ1n) is 6.78. The number of rotatable bonds is 5. The summed E-state index contributed by atoms with van der Waals surface area (Å²) in [6.45, 7) is 0.885. The van der Waals surface area contributed by atoms with Crippen LogP contribution in [0.5, 0.6) is 0 Å². The zero-order valence-electron chi connectivity index (χ0n) is 12.2. The average molecular weight is 370 g/mol. The quantitative estimate of drug-likeness (QED) is 0.732. The fourth-order valence-corrected chi connectivity index (χ4v) is 4.19. The minimum absolute atomic E-state index is 0.158. The number of benzene rings is 1. The second kappa shape index (κ2) is 6.92. The van der Waals surface area contributed by atoms with E-state index in [4.69, 9.17) is 11.6 Å². The Bertz CT molecular complexity index is 848. The molecule has 1 aromatic carbocycles. The molecule has 2 aromatic heterocycles. The van der Waals surface area contributed by atoms with E-state index < -0.39 is 0 Å². The number of aromatic nitrogens is 1. The van der Waals surface area contributed by atoms with Crippen LogP contribution >= 0.6 is 34.3 Å². The van der Waals surface area contributed by atoms with Crippen LogP contribution in [0, 0.1) is 5.82 Å². The molecule has 8 heteroatoms. The highest BCUT2D eigenvalue weighted by Crippen LogP contribution is 2.26. The van der Waals surface area contributed by atoms with Gasteiger partial charge in [-0.3, -0.25) is 9.69 Å². The first-order chi connectivity index (χ1) is 11.0. The Balaban J connectivity index is 1.59. The predicted octanol–water partition coefficient (Wildman–Crippen LogP) is 4.22. The van der Waals surface area contributed by atoms with Crippen molar-refractivity contribution in [1.82, 2.24) is 9.88 Å². The monoisotopic (exact) mass is 369 g/mol. The van der Waals surface area contributed by atoms with Gasteiger partial charge in [-0.05, 0) is 37.4 Å². The molecule has 0 aliphatic heterocycles. The van der Waals surface area contributed by atoms with Crippen LogP contribution in [0.4, 0.5) is 9.52 Å². The molecule has 1 N–H and O–H groups in total. The molecule has 2 heterocycles. The summed E-state index contributed by atoms with van der Waals surface area (Å²) in [5.41, 5.74) is 0.674. The highest BCUT2D eigenvalue weighted by Gasteiger charge is 2.11. The van der Waals surface area contributed by atoms with Gasteiger partial charge >= 0.3 is 0 Å². The van der Waals surface area contributed by atoms with Gasteiger partial charge in [0.2, 0.25) is 5.91 Å². The molecule has 1 amide bonds. The summed E-state index contributed by atoms with van der Waals surface area (Å²) in [5, 5.41) is 3.23. The number of thiazole rings is 1. The topological polar surface area (TPSA) is 45.2 Å². The average Bonchev–Trinajstić information content (AvgIpc) is 3.03. The summed E-state index contributed by atoms with van der Waals surface area (Å²) >= 11 is 8.65. The van der Waals surface area contributed by atoms with E-state index in [1.807, 2.05) is 24.1 Å². The van der Waals surface area contributed by atoms with Gasteiger partial charge in [-0.1, -0.05) is 22.9 Å². The van der Waals surface area contributed by atoms with Gasteiger partial charge in [-0.25, -0.2) is 9.37 Å². The molecule has 0 unspecified atom stereocenters. The number of carbonyl (C=O) groups is 1. The fourth-order valence-electron chi connectivity index (χ4n) is 2.11. The number of halogens is 2. The largest absolute Gasteiger partial charge is 0.301 e. The third-order valence-electron chi connectivity index (χ3n) is 3.06. The lowest BCUT2D eigenvalue weighted by Crippen LogP contribution is -2.29. The molecule has 4 nitrogen and oxygen atoms in total. The third-order valence-corrected chi connectivity index (χ3v) is 5.21. The Morgan fingerprint density at radius 3 is 2.91 bits per heavy atom. The van der Waals surface area contributed by atoms with E-state index in [2.05, 4.69) is 10.3 Å². The maximum absolute atomic E-state index is 13.2.